The summed E-state index contributed by atoms with van der Waals surface area (Å²) in [5, 5.41) is 8.05. The normalized spacial score (nSPS) is 17.1. The zero-order chi connectivity index (χ0) is 13.7. The molecule has 0 unspecified atom stereocenters. The Kier molecular flexibility index (Phi) is 4.87. The third-order valence-electron chi connectivity index (χ3n) is 3.05. The van der Waals surface area contributed by atoms with Crippen LogP contribution in [0.5, 0.6) is 0 Å². The van der Waals surface area contributed by atoms with Gasteiger partial charge in [-0.15, -0.1) is 0 Å². The first-order valence-electron chi connectivity index (χ1n) is 6.41. The van der Waals surface area contributed by atoms with Crippen LogP contribution in [0.4, 0.5) is 0 Å². The molecule has 5 heteroatoms. The third-order valence-corrected chi connectivity index (χ3v) is 3.26. The van der Waals surface area contributed by atoms with Crippen LogP contribution < -0.4 is 10.7 Å². The fourth-order valence-electron chi connectivity index (χ4n) is 2.19. The van der Waals surface area contributed by atoms with Gasteiger partial charge in [-0.3, -0.25) is 5.43 Å². The maximum absolute atomic E-state index is 5.19. The predicted octanol–water partition coefficient (Wildman–Crippen LogP) is 1.84. The molecule has 0 aliphatic heterocycles. The van der Waals surface area contributed by atoms with Crippen molar-refractivity contribution in [1.82, 2.24) is 10.7 Å². The van der Waals surface area contributed by atoms with Crippen LogP contribution in [-0.4, -0.2) is 30.6 Å². The molecule has 1 aromatic carbocycles. The van der Waals surface area contributed by atoms with Crippen molar-refractivity contribution in [2.24, 2.45) is 5.10 Å². The Morgan fingerprint density at radius 1 is 1.42 bits per heavy atom. The summed E-state index contributed by atoms with van der Waals surface area (Å²) in [7, 11) is 1.67. The van der Waals surface area contributed by atoms with Crippen molar-refractivity contribution in [1.29, 1.82) is 0 Å². The highest BCUT2D eigenvalue weighted by atomic mass is 32.1. The van der Waals surface area contributed by atoms with E-state index in [2.05, 4.69) is 34.0 Å². The lowest BCUT2D eigenvalue weighted by atomic mass is 10.1. The van der Waals surface area contributed by atoms with Crippen LogP contribution in [-0.2, 0) is 11.2 Å². The van der Waals surface area contributed by atoms with Gasteiger partial charge in [-0.1, -0.05) is 24.3 Å². The Balaban J connectivity index is 1.92. The summed E-state index contributed by atoms with van der Waals surface area (Å²) in [5.41, 5.74) is 6.56. The second kappa shape index (κ2) is 6.63. The average Bonchev–Trinajstić information content (AvgIpc) is 2.80. The smallest absolute Gasteiger partial charge is 0.187 e. The molecule has 1 aliphatic carbocycles. The van der Waals surface area contributed by atoms with E-state index in [1.807, 2.05) is 13.0 Å². The van der Waals surface area contributed by atoms with Gasteiger partial charge in [0.05, 0.1) is 12.3 Å². The Morgan fingerprint density at radius 3 is 3.00 bits per heavy atom. The number of fused-ring (bicyclic) bond motifs is 1. The van der Waals surface area contributed by atoms with Crippen LogP contribution in [0.1, 0.15) is 24.5 Å². The highest BCUT2D eigenvalue weighted by Gasteiger charge is 2.16. The first-order chi connectivity index (χ1) is 9.20. The van der Waals surface area contributed by atoms with Gasteiger partial charge in [0.25, 0.3) is 0 Å². The van der Waals surface area contributed by atoms with E-state index in [1.54, 1.807) is 7.11 Å². The van der Waals surface area contributed by atoms with Gasteiger partial charge < -0.3 is 10.1 Å². The molecule has 0 radical (unpaired) electrons. The van der Waals surface area contributed by atoms with Crippen molar-refractivity contribution in [3.8, 4) is 0 Å². The number of aryl methyl sites for hydroxylation is 1. The zero-order valence-electron chi connectivity index (χ0n) is 11.3. The minimum atomic E-state index is 0.168. The van der Waals surface area contributed by atoms with Gasteiger partial charge in [0.15, 0.2) is 5.11 Å². The summed E-state index contributed by atoms with van der Waals surface area (Å²) < 4.78 is 5.04. The molecule has 102 valence electrons. The highest BCUT2D eigenvalue weighted by Crippen LogP contribution is 2.21. The van der Waals surface area contributed by atoms with Crippen molar-refractivity contribution in [3.05, 3.63) is 35.4 Å². The molecule has 0 saturated carbocycles. The lowest BCUT2D eigenvalue weighted by molar-refractivity contribution is 0.179. The molecule has 1 aliphatic rings. The molecule has 0 bridgehead atoms. The molecule has 0 spiro atoms. The van der Waals surface area contributed by atoms with Gasteiger partial charge in [0, 0.05) is 18.7 Å². The van der Waals surface area contributed by atoms with Crippen LogP contribution in [0.15, 0.2) is 29.4 Å². The van der Waals surface area contributed by atoms with Crippen molar-refractivity contribution >= 4 is 23.0 Å². The van der Waals surface area contributed by atoms with E-state index >= 15 is 0 Å². The number of ether oxygens (including phenoxy) is 1. The second-order valence-electron chi connectivity index (χ2n) is 4.66. The van der Waals surface area contributed by atoms with Crippen molar-refractivity contribution in [2.45, 2.75) is 25.8 Å². The van der Waals surface area contributed by atoms with Crippen molar-refractivity contribution in [3.63, 3.8) is 0 Å². The minimum Gasteiger partial charge on any atom is -0.383 e. The fraction of sp³-hybridized carbons (Fsp3) is 0.429. The summed E-state index contributed by atoms with van der Waals surface area (Å²) in [5.74, 6) is 0. The number of nitrogens with one attached hydrogen (secondary N) is 2. The second-order valence-corrected chi connectivity index (χ2v) is 5.07. The standard InChI is InChI=1S/C14H19N3OS/c1-10(9-18-2)15-14(19)17-16-13-8-7-11-5-3-4-6-12(11)13/h3-6,10H,7-9H2,1-2H3,(H2,15,17,19)/b16-13-/t10-/m0/s1. The number of thiocarbonyl (C=S) groups is 1. The van der Waals surface area contributed by atoms with Gasteiger partial charge in [-0.05, 0) is 37.5 Å². The molecule has 1 aromatic rings. The molecule has 4 nitrogen and oxygen atoms in total. The predicted molar refractivity (Wildman–Crippen MR) is 81.5 cm³/mol. The van der Waals surface area contributed by atoms with E-state index in [4.69, 9.17) is 17.0 Å². The van der Waals surface area contributed by atoms with E-state index in [9.17, 15) is 0 Å². The van der Waals surface area contributed by atoms with E-state index in [0.717, 1.165) is 18.6 Å². The van der Waals surface area contributed by atoms with Gasteiger partial charge in [0.1, 0.15) is 0 Å². The average molecular weight is 277 g/mol. The Labute approximate surface area is 119 Å². The van der Waals surface area contributed by atoms with E-state index in [0.29, 0.717) is 11.7 Å². The maximum Gasteiger partial charge on any atom is 0.187 e. The summed E-state index contributed by atoms with van der Waals surface area (Å²) in [6.07, 6.45) is 2.01. The third kappa shape index (κ3) is 3.75. The minimum absolute atomic E-state index is 0.168. The Morgan fingerprint density at radius 2 is 2.21 bits per heavy atom. The van der Waals surface area contributed by atoms with Crippen LogP contribution >= 0.6 is 12.2 Å². The van der Waals surface area contributed by atoms with Crippen LogP contribution in [0.25, 0.3) is 0 Å². The van der Waals surface area contributed by atoms with Crippen LogP contribution in [0, 0.1) is 0 Å². The molecule has 1 atom stereocenters. The number of hydrogen-bond donors (Lipinski definition) is 2. The van der Waals surface area contributed by atoms with Gasteiger partial charge in [0.2, 0.25) is 0 Å². The quantitative estimate of drug-likeness (QED) is 0.651. The SMILES string of the molecule is COC[C@H](C)NC(=S)N/N=C1/CCc2ccccc21. The number of nitrogens with zero attached hydrogens (tertiary/aromatic N) is 1. The van der Waals surface area contributed by atoms with Crippen LogP contribution in [0.3, 0.4) is 0 Å². The van der Waals surface area contributed by atoms with Crippen molar-refractivity contribution < 1.29 is 4.74 Å². The molecule has 2 N–H and O–H groups in total. The first kappa shape index (κ1) is 14.0. The Hall–Kier alpha value is -1.46. The molecule has 0 fully saturated rings. The largest absolute Gasteiger partial charge is 0.383 e. The fourth-order valence-corrected chi connectivity index (χ4v) is 2.44. The summed E-state index contributed by atoms with van der Waals surface area (Å²) in [4.78, 5) is 0. The first-order valence-corrected chi connectivity index (χ1v) is 6.82. The lowest BCUT2D eigenvalue weighted by Crippen LogP contribution is -2.40. The number of benzene rings is 1. The maximum atomic E-state index is 5.19. The summed E-state index contributed by atoms with van der Waals surface area (Å²) >= 11 is 5.19. The van der Waals surface area contributed by atoms with Gasteiger partial charge in [-0.2, -0.15) is 5.10 Å². The van der Waals surface area contributed by atoms with E-state index in [-0.39, 0.29) is 6.04 Å². The molecule has 0 amide bonds. The molecule has 19 heavy (non-hydrogen) atoms. The number of rotatable bonds is 4. The van der Waals surface area contributed by atoms with Gasteiger partial charge >= 0.3 is 0 Å². The zero-order valence-corrected chi connectivity index (χ0v) is 12.1. The topological polar surface area (TPSA) is 45.6 Å². The molecule has 0 saturated heterocycles. The van der Waals surface area contributed by atoms with E-state index in [1.165, 1.54) is 11.1 Å². The molecular weight excluding hydrogens is 258 g/mol. The molecule has 0 aromatic heterocycles. The number of hydrogen-bond acceptors (Lipinski definition) is 3. The van der Waals surface area contributed by atoms with Crippen molar-refractivity contribution in [2.75, 3.05) is 13.7 Å². The number of hydrazone groups is 1. The summed E-state index contributed by atoms with van der Waals surface area (Å²) in [6.45, 7) is 2.62. The highest BCUT2D eigenvalue weighted by molar-refractivity contribution is 7.80. The summed E-state index contributed by atoms with van der Waals surface area (Å²) in [6, 6.07) is 8.52. The van der Waals surface area contributed by atoms with E-state index < -0.39 is 0 Å². The van der Waals surface area contributed by atoms with Crippen LogP contribution in [0.2, 0.25) is 0 Å². The lowest BCUT2D eigenvalue weighted by Gasteiger charge is -2.14. The number of methoxy groups -OCH3 is 1. The molecule has 0 heterocycles. The molecule has 2 rings (SSSR count). The Bertz CT molecular complexity index is 487. The molecular formula is C14H19N3OS. The monoisotopic (exact) mass is 277 g/mol. The van der Waals surface area contributed by atoms with Gasteiger partial charge in [-0.25, -0.2) is 0 Å².